The number of nitrogens with zero attached hydrogens (tertiary/aromatic N) is 18. The quantitative estimate of drug-likeness (QED) is 0.0397. The predicted molar refractivity (Wildman–Crippen MR) is 556 cm³/mol. The van der Waals surface area contributed by atoms with Crippen molar-refractivity contribution in [3.63, 3.8) is 0 Å². The van der Waals surface area contributed by atoms with Gasteiger partial charge in [-0.1, -0.05) is 205 Å². The Labute approximate surface area is 813 Å². The highest BCUT2D eigenvalue weighted by atomic mass is 32.2. The summed E-state index contributed by atoms with van der Waals surface area (Å²) < 4.78 is 42.1. The van der Waals surface area contributed by atoms with Crippen LogP contribution in [0.25, 0.3) is 88.2 Å². The van der Waals surface area contributed by atoms with Crippen molar-refractivity contribution in [3.05, 3.63) is 375 Å². The van der Waals surface area contributed by atoms with Gasteiger partial charge in [-0.3, -0.25) is 0 Å². The Kier molecular flexibility index (Phi) is 29.2. The van der Waals surface area contributed by atoms with E-state index < -0.39 is 10.0 Å². The third-order valence-electron chi connectivity index (χ3n) is 27.2. The molecule has 23 rings (SSSR count). The topological polar surface area (TPSA) is 199 Å². The molecule has 0 spiro atoms. The third kappa shape index (κ3) is 23.4. The van der Waals surface area contributed by atoms with Gasteiger partial charge in [0.15, 0.2) is 51.6 Å². The average Bonchev–Trinajstić information content (AvgIpc) is 1.66. The van der Waals surface area contributed by atoms with E-state index in [9.17, 15) is 8.42 Å². The van der Waals surface area contributed by atoms with Gasteiger partial charge in [0.25, 0.3) is 10.0 Å². The average molecular weight is 1870 g/mol. The zero-order valence-corrected chi connectivity index (χ0v) is 81.2. The molecular weight excluding hydrogens is 1750 g/mol. The van der Waals surface area contributed by atoms with Crippen LogP contribution in [0.2, 0.25) is 0 Å². The van der Waals surface area contributed by atoms with Crippen LogP contribution in [-0.4, -0.2) is 174 Å². The summed E-state index contributed by atoms with van der Waals surface area (Å²) in [6, 6.07) is 95.0. The molecule has 21 nitrogen and oxygen atoms in total. The van der Waals surface area contributed by atoms with Gasteiger partial charge in [0.2, 0.25) is 0 Å². The lowest BCUT2D eigenvalue weighted by molar-refractivity contribution is 0.334. The zero-order valence-electron chi connectivity index (χ0n) is 79.6. The van der Waals surface area contributed by atoms with Crippen molar-refractivity contribution in [2.24, 2.45) is 0 Å². The molecule has 0 aliphatic carbocycles. The Hall–Kier alpha value is -13.3. The molecule has 0 radical (unpaired) electrons. The summed E-state index contributed by atoms with van der Waals surface area (Å²) in [6.45, 7) is 21.3. The Morgan fingerprint density at radius 2 is 0.681 bits per heavy atom. The van der Waals surface area contributed by atoms with Gasteiger partial charge in [-0.2, -0.15) is 29.6 Å². The maximum atomic E-state index is 13.0. The van der Waals surface area contributed by atoms with Crippen LogP contribution in [-0.2, 0) is 67.1 Å². The SMILES string of the molecule is Cc1cc(C)cc(-c2cccc3nc(Cc4ccc(CCCN5CCCC5)cc4)nn23)c1.Cc1ccc(CS(=O)(=O)n2cc(-c3cccc4nc(Cc5ccc(CCCN6CCCC6)cc5)nn34)cn2)cc1.c1ccc2oc(-c3cccc4nc(Cc5ccc(CCCN6CCCC6)cc5)nn34)cc2c1.c1ccc2sc(-c3cccc4nc(Cc5ccc(CCCN6CCCC6)cc5)nn34)cc2c1. The number of aromatic nitrogens is 14. The van der Waals surface area contributed by atoms with Gasteiger partial charge >= 0.3 is 0 Å². The molecule has 4 aliphatic heterocycles. The molecular formula is C115H122N18O3S2. The number of rotatable bonds is 31. The van der Waals surface area contributed by atoms with Gasteiger partial charge in [0, 0.05) is 46.9 Å². The molecule has 0 N–H and O–H groups in total. The highest BCUT2D eigenvalue weighted by molar-refractivity contribution is 7.89. The highest BCUT2D eigenvalue weighted by Crippen LogP contribution is 2.35. The van der Waals surface area contributed by atoms with E-state index in [1.165, 1.54) is 226 Å². The number of hydrogen-bond acceptors (Lipinski definition) is 17. The summed E-state index contributed by atoms with van der Waals surface area (Å²) >= 11 is 1.80. The second kappa shape index (κ2) is 43.6. The smallest absolute Gasteiger partial charge is 0.257 e. The van der Waals surface area contributed by atoms with E-state index >= 15 is 0 Å². The van der Waals surface area contributed by atoms with E-state index in [2.05, 4.69) is 221 Å². The molecule has 19 aromatic rings. The number of thiophene rings is 1. The van der Waals surface area contributed by atoms with Crippen molar-refractivity contribution in [2.75, 3.05) is 78.5 Å². The van der Waals surface area contributed by atoms with E-state index in [0.29, 0.717) is 23.5 Å². The van der Waals surface area contributed by atoms with Crippen molar-refractivity contribution < 1.29 is 12.8 Å². The van der Waals surface area contributed by atoms with Crippen LogP contribution in [0.3, 0.4) is 0 Å². The summed E-state index contributed by atoms with van der Waals surface area (Å²) in [5.41, 5.74) is 24.8. The maximum Gasteiger partial charge on any atom is 0.257 e. The number of fused-ring (bicyclic) bond motifs is 6. The van der Waals surface area contributed by atoms with E-state index in [-0.39, 0.29) is 5.75 Å². The molecule has 11 aromatic heterocycles. The van der Waals surface area contributed by atoms with Crippen molar-refractivity contribution in [1.29, 1.82) is 0 Å². The molecule has 15 heterocycles. The van der Waals surface area contributed by atoms with Crippen LogP contribution in [0, 0.1) is 20.8 Å². The van der Waals surface area contributed by atoms with Crippen molar-refractivity contribution >= 4 is 65.0 Å². The van der Waals surface area contributed by atoms with Crippen LogP contribution < -0.4 is 0 Å². The fourth-order valence-corrected chi connectivity index (χ4v) is 22.2. The molecule has 702 valence electrons. The Morgan fingerprint density at radius 3 is 1.09 bits per heavy atom. The van der Waals surface area contributed by atoms with Crippen molar-refractivity contribution in [1.82, 2.24) is 87.2 Å². The van der Waals surface area contributed by atoms with Crippen LogP contribution >= 0.6 is 11.3 Å². The lowest BCUT2D eigenvalue weighted by atomic mass is 10.0. The van der Waals surface area contributed by atoms with Gasteiger partial charge < -0.3 is 24.0 Å². The number of pyridine rings is 4. The Bertz CT molecular complexity index is 7110. The minimum atomic E-state index is -3.66. The molecule has 0 bridgehead atoms. The second-order valence-electron chi connectivity index (χ2n) is 37.9. The predicted octanol–water partition coefficient (Wildman–Crippen LogP) is 22.5. The van der Waals surface area contributed by atoms with E-state index in [4.69, 9.17) is 44.7 Å². The fourth-order valence-electron chi connectivity index (χ4n) is 19.9. The number of benzene rings is 8. The number of furan rings is 1. The van der Waals surface area contributed by atoms with Gasteiger partial charge in [0.1, 0.15) is 11.3 Å². The van der Waals surface area contributed by atoms with E-state index in [1.807, 2.05) is 111 Å². The molecule has 4 saturated heterocycles. The molecule has 138 heavy (non-hydrogen) atoms. The first-order chi connectivity index (χ1) is 67.7. The molecule has 23 heteroatoms. The number of para-hydroxylation sites is 1. The van der Waals surface area contributed by atoms with Gasteiger partial charge in [-0.15, -0.1) is 11.3 Å². The van der Waals surface area contributed by atoms with Gasteiger partial charge in [0.05, 0.1) is 40.1 Å². The fraction of sp³-hybridized carbons (Fsp3) is 0.313. The first-order valence-electron chi connectivity index (χ1n) is 49.7. The first kappa shape index (κ1) is 92.4. The van der Waals surface area contributed by atoms with Crippen molar-refractivity contribution in [3.8, 4) is 44.5 Å². The zero-order chi connectivity index (χ0) is 93.5. The number of hydrogen-bond donors (Lipinski definition) is 0. The third-order valence-corrected chi connectivity index (χ3v) is 29.8. The summed E-state index contributed by atoms with van der Waals surface area (Å²) in [5.74, 6) is 3.95. The minimum absolute atomic E-state index is 0.122. The van der Waals surface area contributed by atoms with Crippen LogP contribution in [0.15, 0.2) is 290 Å². The summed E-state index contributed by atoms with van der Waals surface area (Å²) in [7, 11) is -3.66. The summed E-state index contributed by atoms with van der Waals surface area (Å²) in [5, 5.41) is 25.8. The summed E-state index contributed by atoms with van der Waals surface area (Å²) in [6.07, 6.45) is 26.3. The molecule has 0 amide bonds. The Morgan fingerprint density at radius 1 is 0.326 bits per heavy atom. The molecule has 0 atom stereocenters. The summed E-state index contributed by atoms with van der Waals surface area (Å²) in [4.78, 5) is 30.7. The lowest BCUT2D eigenvalue weighted by Gasteiger charge is -2.13. The maximum absolute atomic E-state index is 13.0. The molecule has 8 aromatic carbocycles. The standard InChI is InChI=1S/C31H34N6O2S.C28H28N4O.C28H28N4S.C28H32N4/c1-24-9-11-27(12-10-24)23-40(38,39)36-22-28(21-32-36)29-7-4-8-31-33-30(34-37(29)31)20-26-15-13-25(14-16-26)6-5-19-35-17-2-3-18-35;2*1-2-10-25-23(8-1)20-26(33-25)24-9-5-11-28-29-27(30-32(24)28)19-22-14-12-21(13-15-22)7-6-18-31-16-3-4-17-31;1-21-17-22(2)19-25(18-21)26-8-5-9-28-29-27(30-32(26)28)20-24-12-10-23(11-13-24)7-6-16-31-14-3-4-15-31/h4,7-16,21-22H,2-3,5-6,17-20,23H2,1H3;2*1-2,5,8-15,20H,3-4,6-7,16-19H2;5,8-13,17-19H,3-4,6-7,14-16,20H2,1-2H3. The van der Waals surface area contributed by atoms with Gasteiger partial charge in [-0.05, 0) is 342 Å². The van der Waals surface area contributed by atoms with E-state index in [1.54, 1.807) is 28.2 Å². The normalized spacial score (nSPS) is 14.5. The lowest BCUT2D eigenvalue weighted by Crippen LogP contribution is -2.20. The van der Waals surface area contributed by atoms with Crippen LogP contribution in [0.1, 0.15) is 167 Å². The Balaban J connectivity index is 0.000000114. The molecule has 4 aliphatic rings. The van der Waals surface area contributed by atoms with Crippen molar-refractivity contribution in [2.45, 2.75) is 155 Å². The number of aryl methyl sites for hydroxylation is 7. The minimum Gasteiger partial charge on any atom is -0.454 e. The molecule has 4 fully saturated rings. The van der Waals surface area contributed by atoms with E-state index in [0.717, 1.165) is 140 Å². The second-order valence-corrected chi connectivity index (χ2v) is 40.8. The number of likely N-dealkylation sites (tertiary alicyclic amines) is 4. The molecule has 0 unspecified atom stereocenters. The van der Waals surface area contributed by atoms with Crippen LogP contribution in [0.4, 0.5) is 0 Å². The first-order valence-corrected chi connectivity index (χ1v) is 52.1. The van der Waals surface area contributed by atoms with Gasteiger partial charge in [-0.25, -0.2) is 46.4 Å². The molecule has 0 saturated carbocycles. The van der Waals surface area contributed by atoms with Crippen LogP contribution in [0.5, 0.6) is 0 Å². The monoisotopic (exact) mass is 1870 g/mol. The highest BCUT2D eigenvalue weighted by Gasteiger charge is 2.23. The largest absolute Gasteiger partial charge is 0.454 e.